The average molecular weight is 462 g/mol. The van der Waals surface area contributed by atoms with Gasteiger partial charge >= 0.3 is 0 Å². The standard InChI is InChI=1S/C30H23NO4/c1-20-9-8-12-22(19-20)27-26(28(32)21-10-4-2-5-11-21)29(33)30(34)31(27)23-15-17-25(18-16-23)35-24-13-6-3-7-14-24/h2-19,27,32H,1H3/b28-26-. The minimum atomic E-state index is -0.768. The van der Waals surface area contributed by atoms with E-state index in [4.69, 9.17) is 4.74 Å². The molecular weight excluding hydrogens is 438 g/mol. The predicted octanol–water partition coefficient (Wildman–Crippen LogP) is 6.41. The molecule has 0 aromatic heterocycles. The van der Waals surface area contributed by atoms with Gasteiger partial charge in [0, 0.05) is 11.3 Å². The molecule has 1 aliphatic heterocycles. The maximum Gasteiger partial charge on any atom is 0.300 e. The van der Waals surface area contributed by atoms with Gasteiger partial charge in [0.15, 0.2) is 0 Å². The number of carbonyl (C=O) groups excluding carboxylic acids is 2. The van der Waals surface area contributed by atoms with Crippen LogP contribution in [0.4, 0.5) is 5.69 Å². The van der Waals surface area contributed by atoms with E-state index < -0.39 is 17.7 Å². The SMILES string of the molecule is Cc1cccc(C2/C(=C(/O)c3ccccc3)C(=O)C(=O)N2c2ccc(Oc3ccccc3)cc2)c1. The Morgan fingerprint density at radius 3 is 2.06 bits per heavy atom. The summed E-state index contributed by atoms with van der Waals surface area (Å²) >= 11 is 0. The van der Waals surface area contributed by atoms with Gasteiger partial charge in [-0.2, -0.15) is 0 Å². The molecule has 1 aliphatic rings. The summed E-state index contributed by atoms with van der Waals surface area (Å²) in [5.41, 5.74) is 2.81. The number of para-hydroxylation sites is 1. The number of aliphatic hydroxyl groups excluding tert-OH is 1. The number of carbonyl (C=O) groups is 2. The second-order valence-corrected chi connectivity index (χ2v) is 8.36. The van der Waals surface area contributed by atoms with Crippen LogP contribution in [-0.2, 0) is 9.59 Å². The maximum absolute atomic E-state index is 13.3. The predicted molar refractivity (Wildman–Crippen MR) is 135 cm³/mol. The smallest absolute Gasteiger partial charge is 0.300 e. The first-order chi connectivity index (χ1) is 17.0. The topological polar surface area (TPSA) is 66.8 Å². The van der Waals surface area contributed by atoms with E-state index in [0.717, 1.165) is 11.1 Å². The summed E-state index contributed by atoms with van der Waals surface area (Å²) in [5, 5.41) is 11.1. The minimum Gasteiger partial charge on any atom is -0.507 e. The summed E-state index contributed by atoms with van der Waals surface area (Å²) in [6.45, 7) is 1.95. The molecule has 0 radical (unpaired) electrons. The lowest BCUT2D eigenvalue weighted by atomic mass is 9.94. The van der Waals surface area contributed by atoms with Gasteiger partial charge in [0.25, 0.3) is 11.7 Å². The Kier molecular flexibility index (Phi) is 5.90. The molecule has 1 heterocycles. The van der Waals surface area contributed by atoms with Crippen molar-refractivity contribution in [2.24, 2.45) is 0 Å². The molecule has 172 valence electrons. The molecule has 4 aromatic rings. The molecule has 1 saturated heterocycles. The molecule has 0 saturated carbocycles. The quantitative estimate of drug-likeness (QED) is 0.212. The van der Waals surface area contributed by atoms with Gasteiger partial charge in [-0.15, -0.1) is 0 Å². The molecule has 4 aromatic carbocycles. The van der Waals surface area contributed by atoms with Gasteiger partial charge < -0.3 is 9.84 Å². The molecule has 1 amide bonds. The van der Waals surface area contributed by atoms with Crippen molar-refractivity contribution >= 4 is 23.1 Å². The van der Waals surface area contributed by atoms with Crippen molar-refractivity contribution in [3.63, 3.8) is 0 Å². The molecule has 1 N–H and O–H groups in total. The lowest BCUT2D eigenvalue weighted by Gasteiger charge is -2.26. The van der Waals surface area contributed by atoms with E-state index in [1.807, 2.05) is 67.6 Å². The number of ketones is 1. The Hall–Kier alpha value is -4.64. The molecule has 5 nitrogen and oxygen atoms in total. The van der Waals surface area contributed by atoms with Crippen LogP contribution in [-0.4, -0.2) is 16.8 Å². The van der Waals surface area contributed by atoms with Gasteiger partial charge in [-0.1, -0.05) is 78.4 Å². The van der Waals surface area contributed by atoms with Gasteiger partial charge in [-0.05, 0) is 48.9 Å². The molecule has 5 heteroatoms. The highest BCUT2D eigenvalue weighted by atomic mass is 16.5. The molecule has 5 rings (SSSR count). The van der Waals surface area contributed by atoms with Crippen LogP contribution in [0.25, 0.3) is 5.76 Å². The normalized spacial score (nSPS) is 16.9. The summed E-state index contributed by atoms with van der Waals surface area (Å²) in [5.74, 6) is -0.300. The van der Waals surface area contributed by atoms with Crippen molar-refractivity contribution in [2.45, 2.75) is 13.0 Å². The number of rotatable bonds is 5. The molecule has 1 atom stereocenters. The monoisotopic (exact) mass is 461 g/mol. The lowest BCUT2D eigenvalue weighted by Crippen LogP contribution is -2.29. The lowest BCUT2D eigenvalue weighted by molar-refractivity contribution is -0.132. The third-order valence-corrected chi connectivity index (χ3v) is 5.94. The number of Topliss-reactive ketones (excluding diaryl/α,β-unsaturated/α-hetero) is 1. The largest absolute Gasteiger partial charge is 0.507 e. The molecule has 0 spiro atoms. The van der Waals surface area contributed by atoms with E-state index >= 15 is 0 Å². The number of benzene rings is 4. The Balaban J connectivity index is 1.59. The van der Waals surface area contributed by atoms with Crippen LogP contribution in [0.1, 0.15) is 22.7 Å². The van der Waals surface area contributed by atoms with Crippen LogP contribution in [0.15, 0.2) is 115 Å². The van der Waals surface area contributed by atoms with Crippen LogP contribution in [0.3, 0.4) is 0 Å². The summed E-state index contributed by atoms with van der Waals surface area (Å²) in [6.07, 6.45) is 0. The summed E-state index contributed by atoms with van der Waals surface area (Å²) < 4.78 is 5.87. The van der Waals surface area contributed by atoms with E-state index in [9.17, 15) is 14.7 Å². The van der Waals surface area contributed by atoms with Crippen molar-refractivity contribution in [1.82, 2.24) is 0 Å². The summed E-state index contributed by atoms with van der Waals surface area (Å²) in [6, 6.07) is 32.0. The molecule has 35 heavy (non-hydrogen) atoms. The summed E-state index contributed by atoms with van der Waals surface area (Å²) in [4.78, 5) is 28.0. The third-order valence-electron chi connectivity index (χ3n) is 5.94. The van der Waals surface area contributed by atoms with E-state index in [1.165, 1.54) is 4.90 Å². The number of hydrogen-bond donors (Lipinski definition) is 1. The average Bonchev–Trinajstić information content (AvgIpc) is 3.15. The first kappa shape index (κ1) is 22.2. The number of aliphatic hydroxyl groups is 1. The first-order valence-corrected chi connectivity index (χ1v) is 11.3. The van der Waals surface area contributed by atoms with Crippen LogP contribution < -0.4 is 9.64 Å². The zero-order valence-electron chi connectivity index (χ0n) is 19.1. The number of anilines is 1. The number of aryl methyl sites for hydroxylation is 1. The van der Waals surface area contributed by atoms with E-state index in [2.05, 4.69) is 0 Å². The zero-order chi connectivity index (χ0) is 24.4. The molecule has 0 aliphatic carbocycles. The van der Waals surface area contributed by atoms with Crippen molar-refractivity contribution in [3.05, 3.63) is 131 Å². The third kappa shape index (κ3) is 4.32. The number of nitrogens with zero attached hydrogens (tertiary/aromatic N) is 1. The minimum absolute atomic E-state index is 0.0661. The fourth-order valence-electron chi connectivity index (χ4n) is 4.31. The number of ether oxygens (including phenoxy) is 1. The second kappa shape index (κ2) is 9.31. The molecule has 1 fully saturated rings. The van der Waals surface area contributed by atoms with Crippen LogP contribution in [0, 0.1) is 6.92 Å². The molecule has 0 bridgehead atoms. The van der Waals surface area contributed by atoms with Crippen molar-refractivity contribution in [1.29, 1.82) is 0 Å². The Labute approximate surface area is 203 Å². The molecule has 1 unspecified atom stereocenters. The second-order valence-electron chi connectivity index (χ2n) is 8.36. The Bertz CT molecular complexity index is 1410. The maximum atomic E-state index is 13.3. The van der Waals surface area contributed by atoms with E-state index in [-0.39, 0.29) is 11.3 Å². The van der Waals surface area contributed by atoms with E-state index in [1.54, 1.807) is 48.5 Å². The van der Waals surface area contributed by atoms with Gasteiger partial charge in [0.1, 0.15) is 17.3 Å². The fraction of sp³-hybridized carbons (Fsp3) is 0.0667. The summed E-state index contributed by atoms with van der Waals surface area (Å²) in [7, 11) is 0. The van der Waals surface area contributed by atoms with Crippen LogP contribution in [0.5, 0.6) is 11.5 Å². The zero-order valence-corrected chi connectivity index (χ0v) is 19.1. The Morgan fingerprint density at radius 1 is 0.771 bits per heavy atom. The highest BCUT2D eigenvalue weighted by molar-refractivity contribution is 6.51. The van der Waals surface area contributed by atoms with Crippen molar-refractivity contribution in [2.75, 3.05) is 4.90 Å². The number of amides is 1. The first-order valence-electron chi connectivity index (χ1n) is 11.3. The van der Waals surface area contributed by atoms with Gasteiger partial charge in [0.05, 0.1) is 11.6 Å². The number of hydrogen-bond acceptors (Lipinski definition) is 4. The van der Waals surface area contributed by atoms with Crippen molar-refractivity contribution in [3.8, 4) is 11.5 Å². The van der Waals surface area contributed by atoms with E-state index in [0.29, 0.717) is 22.7 Å². The highest BCUT2D eigenvalue weighted by Gasteiger charge is 2.47. The van der Waals surface area contributed by atoms with Gasteiger partial charge in [0.2, 0.25) is 0 Å². The van der Waals surface area contributed by atoms with Crippen LogP contribution >= 0.6 is 0 Å². The highest BCUT2D eigenvalue weighted by Crippen LogP contribution is 2.42. The van der Waals surface area contributed by atoms with Crippen LogP contribution in [0.2, 0.25) is 0 Å². The molecular formula is C30H23NO4. The fourth-order valence-corrected chi connectivity index (χ4v) is 4.31. The van der Waals surface area contributed by atoms with Crippen molar-refractivity contribution < 1.29 is 19.4 Å². The van der Waals surface area contributed by atoms with Gasteiger partial charge in [-0.3, -0.25) is 14.5 Å². The Morgan fingerprint density at radius 2 is 1.40 bits per heavy atom. The van der Waals surface area contributed by atoms with Gasteiger partial charge in [-0.25, -0.2) is 0 Å².